The highest BCUT2D eigenvalue weighted by Crippen LogP contribution is 2.39. The number of rotatable bonds is 3. The molecule has 0 unspecified atom stereocenters. The summed E-state index contributed by atoms with van der Waals surface area (Å²) in [5, 5.41) is 8.68. The second kappa shape index (κ2) is 3.56. The van der Waals surface area contributed by atoms with E-state index >= 15 is 0 Å². The molecule has 13 heavy (non-hydrogen) atoms. The van der Waals surface area contributed by atoms with Gasteiger partial charge in [-0.2, -0.15) is 0 Å². The maximum Gasteiger partial charge on any atom is 0.159 e. The molecule has 0 aliphatic carbocycles. The number of aliphatic hydroxyl groups excluding tert-OH is 1. The van der Waals surface area contributed by atoms with Gasteiger partial charge in [0.1, 0.15) is 0 Å². The van der Waals surface area contributed by atoms with Gasteiger partial charge in [0.2, 0.25) is 0 Å². The minimum Gasteiger partial charge on any atom is -0.396 e. The van der Waals surface area contributed by atoms with E-state index in [9.17, 15) is 0 Å². The Labute approximate surface area is 80.0 Å². The Balaban J connectivity index is 2.50. The summed E-state index contributed by atoms with van der Waals surface area (Å²) in [6.45, 7) is 8.33. The first kappa shape index (κ1) is 11.0. The molecule has 0 aromatic heterocycles. The zero-order valence-electron chi connectivity index (χ0n) is 8.96. The quantitative estimate of drug-likeness (QED) is 0.732. The van der Waals surface area contributed by atoms with Crippen molar-refractivity contribution < 1.29 is 14.6 Å². The highest BCUT2D eigenvalue weighted by Gasteiger charge is 2.48. The first-order valence-corrected chi connectivity index (χ1v) is 4.85. The van der Waals surface area contributed by atoms with Crippen LogP contribution in [-0.2, 0) is 9.47 Å². The molecule has 0 bridgehead atoms. The molecule has 1 rings (SSSR count). The molecular formula is C10H20O3. The van der Waals surface area contributed by atoms with Gasteiger partial charge in [0.25, 0.3) is 0 Å². The Bertz CT molecular complexity index is 159. The Morgan fingerprint density at radius 2 is 1.54 bits per heavy atom. The monoisotopic (exact) mass is 188 g/mol. The average molecular weight is 188 g/mol. The van der Waals surface area contributed by atoms with E-state index in [2.05, 4.69) is 0 Å². The predicted octanol–water partition coefficient (Wildman–Crippen LogP) is 1.69. The number of hydrogen-bond donors (Lipinski definition) is 1. The maximum absolute atomic E-state index is 8.68. The molecule has 1 N–H and O–H groups in total. The van der Waals surface area contributed by atoms with Crippen molar-refractivity contribution in [2.75, 3.05) is 6.61 Å². The molecular weight excluding hydrogens is 168 g/mol. The van der Waals surface area contributed by atoms with Crippen molar-refractivity contribution in [2.24, 2.45) is 0 Å². The predicted molar refractivity (Wildman–Crippen MR) is 50.4 cm³/mol. The molecule has 3 heteroatoms. The summed E-state index contributed by atoms with van der Waals surface area (Å²) in [5.74, 6) is 0. The van der Waals surface area contributed by atoms with Gasteiger partial charge in [0, 0.05) is 13.0 Å². The van der Waals surface area contributed by atoms with Crippen LogP contribution in [0.3, 0.4) is 0 Å². The fourth-order valence-electron chi connectivity index (χ4n) is 1.34. The third-order valence-electron chi connectivity index (χ3n) is 2.90. The smallest absolute Gasteiger partial charge is 0.159 e. The first-order chi connectivity index (χ1) is 5.89. The molecule has 78 valence electrons. The van der Waals surface area contributed by atoms with Crippen LogP contribution in [0.2, 0.25) is 0 Å². The van der Waals surface area contributed by atoms with Gasteiger partial charge in [0.15, 0.2) is 6.29 Å². The first-order valence-electron chi connectivity index (χ1n) is 4.85. The minimum atomic E-state index is -0.243. The van der Waals surface area contributed by atoms with Crippen molar-refractivity contribution >= 4 is 0 Å². The van der Waals surface area contributed by atoms with E-state index in [0.29, 0.717) is 0 Å². The van der Waals surface area contributed by atoms with E-state index in [1.165, 1.54) is 0 Å². The molecule has 0 amide bonds. The van der Waals surface area contributed by atoms with E-state index in [0.717, 1.165) is 12.8 Å². The summed E-state index contributed by atoms with van der Waals surface area (Å²) in [4.78, 5) is 0. The van der Waals surface area contributed by atoms with E-state index in [4.69, 9.17) is 14.6 Å². The van der Waals surface area contributed by atoms with Crippen molar-refractivity contribution in [1.29, 1.82) is 0 Å². The van der Waals surface area contributed by atoms with Gasteiger partial charge < -0.3 is 14.6 Å². The van der Waals surface area contributed by atoms with Crippen LogP contribution in [0.4, 0.5) is 0 Å². The number of ether oxygens (including phenoxy) is 2. The van der Waals surface area contributed by atoms with Crippen molar-refractivity contribution in [1.82, 2.24) is 0 Å². The molecule has 0 saturated carbocycles. The Hall–Kier alpha value is -0.120. The lowest BCUT2D eigenvalue weighted by molar-refractivity contribution is -0.0925. The van der Waals surface area contributed by atoms with Gasteiger partial charge in [-0.15, -0.1) is 0 Å². The molecule has 0 spiro atoms. The van der Waals surface area contributed by atoms with Gasteiger partial charge in [-0.3, -0.25) is 0 Å². The minimum absolute atomic E-state index is 0.155. The molecule has 1 saturated heterocycles. The van der Waals surface area contributed by atoms with E-state index in [1.807, 2.05) is 27.7 Å². The van der Waals surface area contributed by atoms with Crippen molar-refractivity contribution in [3.8, 4) is 0 Å². The van der Waals surface area contributed by atoms with Crippen molar-refractivity contribution in [3.05, 3.63) is 0 Å². The average Bonchev–Trinajstić information content (AvgIpc) is 2.17. The lowest BCUT2D eigenvalue weighted by Crippen LogP contribution is -2.41. The molecule has 1 heterocycles. The molecule has 1 aliphatic rings. The molecule has 0 aromatic carbocycles. The summed E-state index contributed by atoms with van der Waals surface area (Å²) in [7, 11) is 0. The summed E-state index contributed by atoms with van der Waals surface area (Å²) in [6, 6.07) is 0. The van der Waals surface area contributed by atoms with Gasteiger partial charge in [-0.25, -0.2) is 0 Å². The second-order valence-electron chi connectivity index (χ2n) is 4.55. The third kappa shape index (κ3) is 2.22. The maximum atomic E-state index is 8.68. The Morgan fingerprint density at radius 3 is 1.92 bits per heavy atom. The molecule has 1 fully saturated rings. The summed E-state index contributed by atoms with van der Waals surface area (Å²) < 4.78 is 11.5. The summed E-state index contributed by atoms with van der Waals surface area (Å²) >= 11 is 0. The van der Waals surface area contributed by atoms with Crippen LogP contribution in [0.25, 0.3) is 0 Å². The van der Waals surface area contributed by atoms with E-state index in [1.54, 1.807) is 0 Å². The van der Waals surface area contributed by atoms with Crippen LogP contribution in [0.1, 0.15) is 40.5 Å². The zero-order valence-corrected chi connectivity index (χ0v) is 8.96. The number of hydrogen-bond acceptors (Lipinski definition) is 3. The highest BCUT2D eigenvalue weighted by molar-refractivity contribution is 4.94. The normalized spacial score (nSPS) is 26.5. The largest absolute Gasteiger partial charge is 0.396 e. The van der Waals surface area contributed by atoms with Gasteiger partial charge in [-0.1, -0.05) is 0 Å². The second-order valence-corrected chi connectivity index (χ2v) is 4.55. The molecule has 3 nitrogen and oxygen atoms in total. The standard InChI is InChI=1S/C10H20O3/c1-9(2)10(3,4)13-8(12-9)6-5-7-11/h8,11H,5-7H2,1-4H3. The van der Waals surface area contributed by atoms with Crippen molar-refractivity contribution in [2.45, 2.75) is 58.0 Å². The molecule has 0 aromatic rings. The molecule has 0 atom stereocenters. The lowest BCUT2D eigenvalue weighted by Gasteiger charge is -2.30. The lowest BCUT2D eigenvalue weighted by atomic mass is 9.90. The van der Waals surface area contributed by atoms with Gasteiger partial charge in [0.05, 0.1) is 11.2 Å². The number of aliphatic hydroxyl groups is 1. The van der Waals surface area contributed by atoms with Crippen LogP contribution in [0.5, 0.6) is 0 Å². The van der Waals surface area contributed by atoms with Gasteiger partial charge in [-0.05, 0) is 34.1 Å². The van der Waals surface area contributed by atoms with Crippen LogP contribution in [0, 0.1) is 0 Å². The molecule has 0 radical (unpaired) electrons. The summed E-state index contributed by atoms with van der Waals surface area (Å²) in [5.41, 5.74) is -0.486. The topological polar surface area (TPSA) is 38.7 Å². The van der Waals surface area contributed by atoms with Gasteiger partial charge >= 0.3 is 0 Å². The Kier molecular flexibility index (Phi) is 3.00. The SMILES string of the molecule is CC1(C)OC(CCCO)OC1(C)C. The van der Waals surface area contributed by atoms with Crippen LogP contribution >= 0.6 is 0 Å². The fraction of sp³-hybridized carbons (Fsp3) is 1.00. The van der Waals surface area contributed by atoms with Crippen molar-refractivity contribution in [3.63, 3.8) is 0 Å². The fourth-order valence-corrected chi connectivity index (χ4v) is 1.34. The van der Waals surface area contributed by atoms with Crippen LogP contribution < -0.4 is 0 Å². The highest BCUT2D eigenvalue weighted by atomic mass is 16.7. The van der Waals surface area contributed by atoms with E-state index < -0.39 is 0 Å². The zero-order chi connectivity index (χ0) is 10.1. The van der Waals surface area contributed by atoms with E-state index in [-0.39, 0.29) is 24.1 Å². The Morgan fingerprint density at radius 1 is 1.08 bits per heavy atom. The van der Waals surface area contributed by atoms with Crippen LogP contribution in [0.15, 0.2) is 0 Å². The third-order valence-corrected chi connectivity index (χ3v) is 2.90. The van der Waals surface area contributed by atoms with Crippen LogP contribution in [-0.4, -0.2) is 29.2 Å². The summed E-state index contributed by atoms with van der Waals surface area (Å²) in [6.07, 6.45) is 1.34. The molecule has 1 aliphatic heterocycles.